The van der Waals surface area contributed by atoms with Crippen molar-refractivity contribution in [2.45, 2.75) is 382 Å². The van der Waals surface area contributed by atoms with Gasteiger partial charge in [0, 0.05) is 25.7 Å². The number of hydrogen-bond donors (Lipinski definition) is 3. The van der Waals surface area contributed by atoms with E-state index in [1.807, 2.05) is 0 Å². The van der Waals surface area contributed by atoms with Crippen LogP contribution in [0.25, 0.3) is 0 Å². The molecule has 546 valence electrons. The molecule has 0 fully saturated rings. The molecule has 0 aromatic rings. The number of hydrogen-bond acceptors (Lipinski definition) is 15. The number of phosphoric acid groups is 2. The van der Waals surface area contributed by atoms with Gasteiger partial charge in [-0.05, 0) is 49.4 Å². The van der Waals surface area contributed by atoms with Crippen LogP contribution in [0.3, 0.4) is 0 Å². The van der Waals surface area contributed by atoms with E-state index in [1.54, 1.807) is 0 Å². The third-order valence-corrected chi connectivity index (χ3v) is 19.4. The highest BCUT2D eigenvalue weighted by Crippen LogP contribution is 2.45. The molecule has 0 spiro atoms. The maximum atomic E-state index is 13.0. The van der Waals surface area contributed by atoms with E-state index < -0.39 is 97.5 Å². The second kappa shape index (κ2) is 62.6. The Balaban J connectivity index is 5.19. The van der Waals surface area contributed by atoms with Crippen LogP contribution in [0.2, 0.25) is 0 Å². The van der Waals surface area contributed by atoms with Crippen LogP contribution in [0.15, 0.2) is 0 Å². The first-order chi connectivity index (χ1) is 44.2. The molecule has 0 saturated carbocycles. The number of ether oxygens (including phenoxy) is 4. The molecule has 0 saturated heterocycles. The molecule has 0 heterocycles. The first kappa shape index (κ1) is 90.1. The number of esters is 4. The SMILES string of the molecule is CCC(C)CCCCCCCCCCCCCCCCC(=O)OC[C@H](COP(=O)(O)OC[C@@H](O)COP(=O)(O)OC[C@@H](COC(=O)CCCCCCCCC(C)C)OC(=O)CCCCCCCCCCCCCCC(C)C)OC(=O)CCCCCCCCC(C)CC. The van der Waals surface area contributed by atoms with Gasteiger partial charge in [0.2, 0.25) is 0 Å². The third kappa shape index (κ3) is 64.1. The van der Waals surface area contributed by atoms with Gasteiger partial charge >= 0.3 is 39.5 Å². The standard InChI is InChI=1S/C73H142O17P2/c1-9-65(7)51-43-35-26-22-18-13-11-12-14-19-23-27-37-45-53-70(75)83-59-69(90-73(78)56-48-40-32-30-36-44-52-66(8)10-2)62-88-92(81,82)86-58-67(74)57-85-91(79,80)87-61-68(60-84-71(76)54-46-38-31-29-34-42-50-64(5)6)89-72(77)55-47-39-28-24-20-16-15-17-21-25-33-41-49-63(3)4/h63-69,74H,9-62H2,1-8H3,(H,79,80)(H,81,82)/t65?,66?,67-,68+,69+/m0/s1. The van der Waals surface area contributed by atoms with Gasteiger partial charge in [0.15, 0.2) is 12.2 Å². The van der Waals surface area contributed by atoms with E-state index in [4.69, 9.17) is 37.0 Å². The van der Waals surface area contributed by atoms with Gasteiger partial charge in [-0.1, -0.05) is 312 Å². The fourth-order valence-corrected chi connectivity index (χ4v) is 12.5. The van der Waals surface area contributed by atoms with Gasteiger partial charge in [-0.25, -0.2) is 9.13 Å². The normalized spacial score (nSPS) is 14.8. The average molecular weight is 1350 g/mol. The Labute approximate surface area is 562 Å². The topological polar surface area (TPSA) is 237 Å². The predicted octanol–water partition coefficient (Wildman–Crippen LogP) is 20.9. The number of rotatable bonds is 70. The van der Waals surface area contributed by atoms with Gasteiger partial charge in [-0.2, -0.15) is 0 Å². The van der Waals surface area contributed by atoms with E-state index in [9.17, 15) is 43.2 Å². The summed E-state index contributed by atoms with van der Waals surface area (Å²) in [6.07, 6.45) is 46.0. The van der Waals surface area contributed by atoms with E-state index in [2.05, 4.69) is 55.4 Å². The van der Waals surface area contributed by atoms with Gasteiger partial charge in [-0.15, -0.1) is 0 Å². The summed E-state index contributed by atoms with van der Waals surface area (Å²) < 4.78 is 68.3. The molecular weight excluding hydrogens is 1210 g/mol. The van der Waals surface area contributed by atoms with E-state index in [0.717, 1.165) is 114 Å². The summed E-state index contributed by atoms with van der Waals surface area (Å²) in [5.74, 6) is 0.896. The highest BCUT2D eigenvalue weighted by molar-refractivity contribution is 7.47. The van der Waals surface area contributed by atoms with Crippen molar-refractivity contribution in [1.29, 1.82) is 0 Å². The lowest BCUT2D eigenvalue weighted by Gasteiger charge is -2.21. The van der Waals surface area contributed by atoms with Gasteiger partial charge < -0.3 is 33.8 Å². The molecular formula is C73H142O17P2. The van der Waals surface area contributed by atoms with Crippen LogP contribution >= 0.6 is 15.6 Å². The molecule has 17 nitrogen and oxygen atoms in total. The highest BCUT2D eigenvalue weighted by Gasteiger charge is 2.30. The second-order valence-corrected chi connectivity index (χ2v) is 30.7. The van der Waals surface area contributed by atoms with Crippen molar-refractivity contribution in [3.05, 3.63) is 0 Å². The molecule has 4 unspecified atom stereocenters. The molecule has 0 radical (unpaired) electrons. The lowest BCUT2D eigenvalue weighted by atomic mass is 9.99. The Bertz CT molecular complexity index is 1820. The minimum Gasteiger partial charge on any atom is -0.462 e. The zero-order valence-corrected chi connectivity index (χ0v) is 62.0. The summed E-state index contributed by atoms with van der Waals surface area (Å²) in [5.41, 5.74) is 0. The van der Waals surface area contributed by atoms with Crippen LogP contribution in [0.5, 0.6) is 0 Å². The summed E-state index contributed by atoms with van der Waals surface area (Å²) in [6.45, 7) is 14.1. The molecule has 0 aromatic heterocycles. The quantitative estimate of drug-likeness (QED) is 0.0222. The van der Waals surface area contributed by atoms with Crippen molar-refractivity contribution < 1.29 is 80.2 Å². The molecule has 0 rings (SSSR count). The molecule has 7 atom stereocenters. The molecule has 0 aliphatic carbocycles. The maximum Gasteiger partial charge on any atom is 0.472 e. The maximum absolute atomic E-state index is 13.0. The van der Waals surface area contributed by atoms with Crippen LogP contribution in [-0.4, -0.2) is 96.7 Å². The smallest absolute Gasteiger partial charge is 0.462 e. The Morgan fingerprint density at radius 2 is 0.522 bits per heavy atom. The second-order valence-electron chi connectivity index (χ2n) is 27.8. The lowest BCUT2D eigenvalue weighted by Crippen LogP contribution is -2.30. The van der Waals surface area contributed by atoms with Gasteiger partial charge in [0.25, 0.3) is 0 Å². The van der Waals surface area contributed by atoms with E-state index >= 15 is 0 Å². The van der Waals surface area contributed by atoms with Crippen LogP contribution in [-0.2, 0) is 65.4 Å². The number of carbonyl (C=O) groups excluding carboxylic acids is 4. The number of aliphatic hydroxyl groups is 1. The Kier molecular flexibility index (Phi) is 61.3. The van der Waals surface area contributed by atoms with Crippen molar-refractivity contribution >= 4 is 39.5 Å². The number of aliphatic hydroxyl groups excluding tert-OH is 1. The van der Waals surface area contributed by atoms with E-state index in [0.29, 0.717) is 31.6 Å². The van der Waals surface area contributed by atoms with Crippen molar-refractivity contribution in [1.82, 2.24) is 0 Å². The molecule has 92 heavy (non-hydrogen) atoms. The first-order valence-corrected chi connectivity index (χ1v) is 40.8. The van der Waals surface area contributed by atoms with E-state index in [1.165, 1.54) is 161 Å². The monoisotopic (exact) mass is 1350 g/mol. The Hall–Kier alpha value is -1.94. The molecule has 0 aliphatic rings. The fraction of sp³-hybridized carbons (Fsp3) is 0.945. The summed E-state index contributed by atoms with van der Waals surface area (Å²) in [4.78, 5) is 72.6. The molecule has 3 N–H and O–H groups in total. The average Bonchev–Trinajstić information content (AvgIpc) is 2.73. The largest absolute Gasteiger partial charge is 0.472 e. The first-order valence-electron chi connectivity index (χ1n) is 37.8. The zero-order chi connectivity index (χ0) is 68.2. The van der Waals surface area contributed by atoms with Crippen molar-refractivity contribution in [3.63, 3.8) is 0 Å². The number of carbonyl (C=O) groups is 4. The predicted molar refractivity (Wildman–Crippen MR) is 372 cm³/mol. The molecule has 0 aliphatic heterocycles. The fourth-order valence-electron chi connectivity index (χ4n) is 11.0. The van der Waals surface area contributed by atoms with Crippen molar-refractivity contribution in [2.24, 2.45) is 23.7 Å². The van der Waals surface area contributed by atoms with Gasteiger partial charge in [0.05, 0.1) is 26.4 Å². The summed E-state index contributed by atoms with van der Waals surface area (Å²) >= 11 is 0. The van der Waals surface area contributed by atoms with Crippen LogP contribution in [0.1, 0.15) is 364 Å². The Morgan fingerprint density at radius 1 is 0.304 bits per heavy atom. The molecule has 0 amide bonds. The van der Waals surface area contributed by atoms with Crippen molar-refractivity contribution in [3.8, 4) is 0 Å². The van der Waals surface area contributed by atoms with Crippen LogP contribution < -0.4 is 0 Å². The van der Waals surface area contributed by atoms with Gasteiger partial charge in [0.1, 0.15) is 19.3 Å². The van der Waals surface area contributed by atoms with Crippen LogP contribution in [0.4, 0.5) is 0 Å². The van der Waals surface area contributed by atoms with Crippen LogP contribution in [0, 0.1) is 23.7 Å². The molecule has 0 aromatic carbocycles. The highest BCUT2D eigenvalue weighted by atomic mass is 31.2. The minimum absolute atomic E-state index is 0.103. The Morgan fingerprint density at radius 3 is 0.772 bits per heavy atom. The zero-order valence-electron chi connectivity index (χ0n) is 60.2. The summed E-state index contributed by atoms with van der Waals surface area (Å²) in [6, 6.07) is 0. The summed E-state index contributed by atoms with van der Waals surface area (Å²) in [5, 5.41) is 10.6. The summed E-state index contributed by atoms with van der Waals surface area (Å²) in [7, 11) is -9.91. The lowest BCUT2D eigenvalue weighted by molar-refractivity contribution is -0.161. The van der Waals surface area contributed by atoms with Gasteiger partial charge in [-0.3, -0.25) is 37.3 Å². The molecule has 0 bridgehead atoms. The number of unbranched alkanes of at least 4 members (excludes halogenated alkanes) is 34. The van der Waals surface area contributed by atoms with E-state index in [-0.39, 0.29) is 25.7 Å². The number of phosphoric ester groups is 2. The van der Waals surface area contributed by atoms with Crippen molar-refractivity contribution in [2.75, 3.05) is 39.6 Å². The minimum atomic E-state index is -4.95. The third-order valence-electron chi connectivity index (χ3n) is 17.5. The molecule has 19 heteroatoms.